The molecule has 2 unspecified atom stereocenters. The first-order valence-corrected chi connectivity index (χ1v) is 6.06. The van der Waals surface area contributed by atoms with Crippen LogP contribution in [0.2, 0.25) is 0 Å². The van der Waals surface area contributed by atoms with Gasteiger partial charge in [-0.2, -0.15) is 0 Å². The second-order valence-electron chi connectivity index (χ2n) is 5.80. The van der Waals surface area contributed by atoms with Gasteiger partial charge in [0.05, 0.1) is 0 Å². The summed E-state index contributed by atoms with van der Waals surface area (Å²) in [6, 6.07) is 1.44. The van der Waals surface area contributed by atoms with Crippen LogP contribution in [0.4, 0.5) is 0 Å². The van der Waals surface area contributed by atoms with E-state index in [9.17, 15) is 0 Å². The minimum atomic E-state index is 0.418. The van der Waals surface area contributed by atoms with Crippen molar-refractivity contribution in [2.45, 2.75) is 52.1 Å². The smallest absolute Gasteiger partial charge is 0.0145 e. The molecule has 1 saturated heterocycles. The number of hydrogen-bond acceptors (Lipinski definition) is 2. The van der Waals surface area contributed by atoms with Crippen LogP contribution in [0.15, 0.2) is 0 Å². The zero-order valence-corrected chi connectivity index (χ0v) is 9.77. The van der Waals surface area contributed by atoms with E-state index >= 15 is 0 Å². The number of piperidine rings is 1. The van der Waals surface area contributed by atoms with Crippen LogP contribution in [0.1, 0.15) is 40.0 Å². The molecule has 14 heavy (non-hydrogen) atoms. The number of rotatable bonds is 3. The topological polar surface area (TPSA) is 24.1 Å². The molecule has 2 fully saturated rings. The molecule has 1 heterocycles. The van der Waals surface area contributed by atoms with Crippen LogP contribution in [-0.2, 0) is 0 Å². The predicted octanol–water partition coefficient (Wildman–Crippen LogP) is 1.76. The summed E-state index contributed by atoms with van der Waals surface area (Å²) in [7, 11) is 0. The molecule has 0 amide bonds. The monoisotopic (exact) mass is 196 g/mol. The Kier molecular flexibility index (Phi) is 2.85. The van der Waals surface area contributed by atoms with Crippen LogP contribution < -0.4 is 10.6 Å². The lowest BCUT2D eigenvalue weighted by Gasteiger charge is -2.41. The van der Waals surface area contributed by atoms with Gasteiger partial charge >= 0.3 is 0 Å². The highest BCUT2D eigenvalue weighted by Crippen LogP contribution is 2.34. The van der Waals surface area contributed by atoms with Crippen LogP contribution in [-0.4, -0.2) is 25.2 Å². The van der Waals surface area contributed by atoms with E-state index in [-0.39, 0.29) is 0 Å². The van der Waals surface area contributed by atoms with Crippen LogP contribution in [0.5, 0.6) is 0 Å². The molecule has 2 aliphatic rings. The van der Waals surface area contributed by atoms with Crippen molar-refractivity contribution in [1.29, 1.82) is 0 Å². The van der Waals surface area contributed by atoms with Crippen molar-refractivity contribution < 1.29 is 0 Å². The molecule has 0 aromatic rings. The first-order valence-electron chi connectivity index (χ1n) is 6.06. The first-order chi connectivity index (χ1) is 6.59. The third-order valence-corrected chi connectivity index (χ3v) is 3.93. The van der Waals surface area contributed by atoms with E-state index in [1.807, 2.05) is 0 Å². The Hall–Kier alpha value is -0.0800. The molecule has 0 aromatic heterocycles. The Labute approximate surface area is 87.8 Å². The van der Waals surface area contributed by atoms with Gasteiger partial charge in [0, 0.05) is 18.6 Å². The summed E-state index contributed by atoms with van der Waals surface area (Å²) in [5.41, 5.74) is 0.418. The first kappa shape index (κ1) is 10.4. The second-order valence-corrected chi connectivity index (χ2v) is 5.80. The van der Waals surface area contributed by atoms with Crippen molar-refractivity contribution in [2.75, 3.05) is 13.1 Å². The summed E-state index contributed by atoms with van der Waals surface area (Å²) in [6.07, 6.45) is 4.17. The van der Waals surface area contributed by atoms with Crippen molar-refractivity contribution in [2.24, 2.45) is 11.3 Å². The van der Waals surface area contributed by atoms with E-state index in [4.69, 9.17) is 0 Å². The van der Waals surface area contributed by atoms with Gasteiger partial charge in [0.25, 0.3) is 0 Å². The Balaban J connectivity index is 1.87. The Bertz CT molecular complexity index is 196. The molecule has 0 radical (unpaired) electrons. The molecule has 1 saturated carbocycles. The van der Waals surface area contributed by atoms with E-state index in [2.05, 4.69) is 31.4 Å². The van der Waals surface area contributed by atoms with Gasteiger partial charge in [-0.3, -0.25) is 0 Å². The average molecular weight is 196 g/mol. The largest absolute Gasteiger partial charge is 0.316 e. The number of hydrogen-bond donors (Lipinski definition) is 2. The zero-order valence-electron chi connectivity index (χ0n) is 9.77. The van der Waals surface area contributed by atoms with Crippen LogP contribution in [0.25, 0.3) is 0 Å². The maximum atomic E-state index is 3.83. The van der Waals surface area contributed by atoms with Crippen molar-refractivity contribution in [1.82, 2.24) is 10.6 Å². The van der Waals surface area contributed by atoms with Gasteiger partial charge in [-0.15, -0.1) is 0 Å². The lowest BCUT2D eigenvalue weighted by molar-refractivity contribution is 0.170. The summed E-state index contributed by atoms with van der Waals surface area (Å²) in [4.78, 5) is 0. The minimum Gasteiger partial charge on any atom is -0.316 e. The quantitative estimate of drug-likeness (QED) is 0.719. The van der Waals surface area contributed by atoms with E-state index in [0.717, 1.165) is 18.5 Å². The molecule has 82 valence electrons. The number of nitrogens with one attached hydrogen (secondary N) is 2. The van der Waals surface area contributed by atoms with E-state index in [0.29, 0.717) is 11.5 Å². The normalized spacial score (nSPS) is 34.1. The van der Waals surface area contributed by atoms with E-state index in [1.54, 1.807) is 0 Å². The summed E-state index contributed by atoms with van der Waals surface area (Å²) >= 11 is 0. The molecule has 0 spiro atoms. The van der Waals surface area contributed by atoms with Gasteiger partial charge in [-0.1, -0.05) is 13.8 Å². The SMILES string of the molecule is CC(NC1CCNCC1(C)C)C1CC1. The highest BCUT2D eigenvalue weighted by Gasteiger charge is 2.36. The van der Waals surface area contributed by atoms with Gasteiger partial charge < -0.3 is 10.6 Å². The summed E-state index contributed by atoms with van der Waals surface area (Å²) < 4.78 is 0. The molecule has 2 heteroatoms. The lowest BCUT2D eigenvalue weighted by atomic mass is 9.79. The third kappa shape index (κ3) is 2.29. The molecule has 0 aromatic carbocycles. The fraction of sp³-hybridized carbons (Fsp3) is 1.00. The molecular weight excluding hydrogens is 172 g/mol. The standard InChI is InChI=1S/C12H24N2/c1-9(10-4-5-10)14-11-6-7-13-8-12(11,2)3/h9-11,13-14H,4-8H2,1-3H3. The van der Waals surface area contributed by atoms with E-state index in [1.165, 1.54) is 25.8 Å². The Morgan fingerprint density at radius 3 is 2.57 bits per heavy atom. The van der Waals surface area contributed by atoms with Gasteiger partial charge in [-0.25, -0.2) is 0 Å². The average Bonchev–Trinajstić information content (AvgIpc) is 2.91. The van der Waals surface area contributed by atoms with Crippen LogP contribution in [0, 0.1) is 11.3 Å². The minimum absolute atomic E-state index is 0.418. The molecule has 1 aliphatic carbocycles. The van der Waals surface area contributed by atoms with Crippen molar-refractivity contribution in [3.63, 3.8) is 0 Å². The maximum absolute atomic E-state index is 3.83. The van der Waals surface area contributed by atoms with Gasteiger partial charge in [0.15, 0.2) is 0 Å². The fourth-order valence-corrected chi connectivity index (χ4v) is 2.53. The van der Waals surface area contributed by atoms with Crippen LogP contribution in [0.3, 0.4) is 0 Å². The molecule has 0 bridgehead atoms. The molecule has 2 N–H and O–H groups in total. The summed E-state index contributed by atoms with van der Waals surface area (Å²) in [5.74, 6) is 0.973. The molecule has 1 aliphatic heterocycles. The highest BCUT2D eigenvalue weighted by atomic mass is 15.0. The van der Waals surface area contributed by atoms with Crippen molar-refractivity contribution in [3.8, 4) is 0 Å². The lowest BCUT2D eigenvalue weighted by Crippen LogP contribution is -2.55. The molecule has 2 atom stereocenters. The van der Waals surface area contributed by atoms with Gasteiger partial charge in [0.1, 0.15) is 0 Å². The Morgan fingerprint density at radius 2 is 2.00 bits per heavy atom. The zero-order chi connectivity index (χ0) is 10.2. The van der Waals surface area contributed by atoms with Crippen molar-refractivity contribution in [3.05, 3.63) is 0 Å². The predicted molar refractivity (Wildman–Crippen MR) is 60.4 cm³/mol. The molecule has 2 nitrogen and oxygen atoms in total. The third-order valence-electron chi connectivity index (χ3n) is 3.93. The highest BCUT2D eigenvalue weighted by molar-refractivity contribution is 4.94. The Morgan fingerprint density at radius 1 is 1.29 bits per heavy atom. The molecular formula is C12H24N2. The second kappa shape index (κ2) is 3.82. The maximum Gasteiger partial charge on any atom is 0.0145 e. The van der Waals surface area contributed by atoms with E-state index < -0.39 is 0 Å². The molecule has 2 rings (SSSR count). The summed E-state index contributed by atoms with van der Waals surface area (Å²) in [6.45, 7) is 9.43. The van der Waals surface area contributed by atoms with Crippen molar-refractivity contribution >= 4 is 0 Å². The van der Waals surface area contributed by atoms with Crippen LogP contribution >= 0.6 is 0 Å². The van der Waals surface area contributed by atoms with Gasteiger partial charge in [0.2, 0.25) is 0 Å². The van der Waals surface area contributed by atoms with Gasteiger partial charge in [-0.05, 0) is 44.1 Å². The fourth-order valence-electron chi connectivity index (χ4n) is 2.53. The summed E-state index contributed by atoms with van der Waals surface area (Å²) in [5, 5.41) is 7.31.